The summed E-state index contributed by atoms with van der Waals surface area (Å²) in [6.45, 7) is 8.14. The zero-order valence-electron chi connectivity index (χ0n) is 15.5. The average molecular weight is 368 g/mol. The SMILES string of the molecule is CCS(=O)(=O)c1ccc(NC(=O)O[C@H]2C[C@H](C)CC[C@@H]2C(C)C)cc1. The molecule has 1 aliphatic rings. The summed E-state index contributed by atoms with van der Waals surface area (Å²) < 4.78 is 29.3. The fourth-order valence-corrected chi connectivity index (χ4v) is 4.33. The van der Waals surface area contributed by atoms with E-state index in [1.807, 2.05) is 0 Å². The number of hydrogen-bond donors (Lipinski definition) is 1. The lowest BCUT2D eigenvalue weighted by atomic mass is 9.75. The zero-order valence-corrected chi connectivity index (χ0v) is 16.3. The van der Waals surface area contributed by atoms with Crippen molar-refractivity contribution in [1.82, 2.24) is 0 Å². The van der Waals surface area contributed by atoms with Crippen LogP contribution in [0, 0.1) is 17.8 Å². The fourth-order valence-electron chi connectivity index (χ4n) is 3.45. The van der Waals surface area contributed by atoms with Gasteiger partial charge in [0, 0.05) is 5.69 Å². The van der Waals surface area contributed by atoms with Crippen LogP contribution in [0.1, 0.15) is 47.0 Å². The Hall–Kier alpha value is -1.56. The van der Waals surface area contributed by atoms with Crippen LogP contribution in [-0.4, -0.2) is 26.4 Å². The number of sulfone groups is 1. The second-order valence-corrected chi connectivity index (χ2v) is 9.60. The standard InChI is InChI=1S/C19H29NO4S/c1-5-25(22,23)16-9-7-15(8-10-16)20-19(21)24-18-12-14(4)6-11-17(18)13(2)3/h7-10,13-14,17-18H,5-6,11-12H2,1-4H3,(H,20,21)/t14-,17-,18+/m1/s1. The van der Waals surface area contributed by atoms with E-state index in [0.717, 1.165) is 12.8 Å². The molecule has 5 nitrogen and oxygen atoms in total. The Morgan fingerprint density at radius 1 is 1.24 bits per heavy atom. The van der Waals surface area contributed by atoms with Gasteiger partial charge in [0.1, 0.15) is 6.10 Å². The molecule has 1 saturated carbocycles. The zero-order chi connectivity index (χ0) is 18.6. The van der Waals surface area contributed by atoms with Crippen LogP contribution in [0.15, 0.2) is 29.2 Å². The van der Waals surface area contributed by atoms with Crippen molar-refractivity contribution < 1.29 is 17.9 Å². The fraction of sp³-hybridized carbons (Fsp3) is 0.632. The van der Waals surface area contributed by atoms with Gasteiger partial charge in [-0.2, -0.15) is 0 Å². The smallest absolute Gasteiger partial charge is 0.411 e. The summed E-state index contributed by atoms with van der Waals surface area (Å²) in [7, 11) is -3.23. The van der Waals surface area contributed by atoms with Crippen LogP contribution in [0.4, 0.5) is 10.5 Å². The highest BCUT2D eigenvalue weighted by molar-refractivity contribution is 7.91. The number of carbonyl (C=O) groups is 1. The van der Waals surface area contributed by atoms with E-state index >= 15 is 0 Å². The maximum Gasteiger partial charge on any atom is 0.411 e. The Balaban J connectivity index is 1.99. The van der Waals surface area contributed by atoms with Crippen LogP contribution in [0.5, 0.6) is 0 Å². The second-order valence-electron chi connectivity index (χ2n) is 7.32. The molecule has 0 radical (unpaired) electrons. The maximum absolute atomic E-state index is 12.2. The molecule has 0 saturated heterocycles. The quantitative estimate of drug-likeness (QED) is 0.832. The number of amides is 1. The molecule has 25 heavy (non-hydrogen) atoms. The number of nitrogens with one attached hydrogen (secondary N) is 1. The van der Waals surface area contributed by atoms with Crippen LogP contribution in [0.3, 0.4) is 0 Å². The molecular formula is C19H29NO4S. The van der Waals surface area contributed by atoms with E-state index in [4.69, 9.17) is 4.74 Å². The Morgan fingerprint density at radius 3 is 2.44 bits per heavy atom. The Bertz CT molecular complexity index is 682. The van der Waals surface area contributed by atoms with Gasteiger partial charge in [0.25, 0.3) is 0 Å². The number of anilines is 1. The molecule has 1 fully saturated rings. The molecule has 1 aromatic carbocycles. The molecule has 0 aliphatic heterocycles. The van der Waals surface area contributed by atoms with E-state index in [0.29, 0.717) is 23.4 Å². The molecule has 1 N–H and O–H groups in total. The van der Waals surface area contributed by atoms with E-state index in [9.17, 15) is 13.2 Å². The molecule has 3 atom stereocenters. The third-order valence-corrected chi connectivity index (χ3v) is 6.81. The first kappa shape index (κ1) is 19.8. The molecule has 1 amide bonds. The monoisotopic (exact) mass is 367 g/mol. The van der Waals surface area contributed by atoms with Gasteiger partial charge in [-0.05, 0) is 54.9 Å². The van der Waals surface area contributed by atoms with Gasteiger partial charge < -0.3 is 4.74 Å². The van der Waals surface area contributed by atoms with Crippen molar-refractivity contribution in [1.29, 1.82) is 0 Å². The van der Waals surface area contributed by atoms with Crippen molar-refractivity contribution in [2.24, 2.45) is 17.8 Å². The molecule has 2 rings (SSSR count). The van der Waals surface area contributed by atoms with E-state index in [2.05, 4.69) is 26.1 Å². The summed E-state index contributed by atoms with van der Waals surface area (Å²) in [5.41, 5.74) is 0.532. The van der Waals surface area contributed by atoms with Crippen LogP contribution in [0.25, 0.3) is 0 Å². The number of ether oxygens (including phenoxy) is 1. The van der Waals surface area contributed by atoms with Crippen molar-refractivity contribution in [2.75, 3.05) is 11.1 Å². The third kappa shape index (κ3) is 5.21. The highest BCUT2D eigenvalue weighted by Gasteiger charge is 2.33. The van der Waals surface area contributed by atoms with Gasteiger partial charge in [-0.25, -0.2) is 13.2 Å². The van der Waals surface area contributed by atoms with Crippen LogP contribution < -0.4 is 5.32 Å². The summed E-state index contributed by atoms with van der Waals surface area (Å²) in [4.78, 5) is 12.5. The molecule has 140 valence electrons. The largest absolute Gasteiger partial charge is 0.446 e. The van der Waals surface area contributed by atoms with Gasteiger partial charge in [-0.1, -0.05) is 34.1 Å². The third-order valence-electron chi connectivity index (χ3n) is 5.06. The first-order valence-electron chi connectivity index (χ1n) is 9.03. The highest BCUT2D eigenvalue weighted by Crippen LogP contribution is 2.35. The summed E-state index contributed by atoms with van der Waals surface area (Å²) in [6.07, 6.45) is 2.61. The molecule has 0 spiro atoms. The Morgan fingerprint density at radius 2 is 1.88 bits per heavy atom. The summed E-state index contributed by atoms with van der Waals surface area (Å²) in [5.74, 6) is 1.48. The Kier molecular flexibility index (Phi) is 6.49. The minimum absolute atomic E-state index is 0.0538. The van der Waals surface area contributed by atoms with Gasteiger partial charge in [-0.15, -0.1) is 0 Å². The molecule has 0 heterocycles. The van der Waals surface area contributed by atoms with Crippen molar-refractivity contribution >= 4 is 21.6 Å². The highest BCUT2D eigenvalue weighted by atomic mass is 32.2. The normalized spacial score (nSPS) is 24.1. The molecule has 0 bridgehead atoms. The van der Waals surface area contributed by atoms with Gasteiger partial charge in [0.15, 0.2) is 9.84 Å². The van der Waals surface area contributed by atoms with Crippen molar-refractivity contribution in [3.05, 3.63) is 24.3 Å². The minimum Gasteiger partial charge on any atom is -0.446 e. The number of hydrogen-bond acceptors (Lipinski definition) is 4. The van der Waals surface area contributed by atoms with E-state index < -0.39 is 15.9 Å². The number of rotatable bonds is 5. The molecule has 1 aliphatic carbocycles. The van der Waals surface area contributed by atoms with Gasteiger partial charge >= 0.3 is 6.09 Å². The molecular weight excluding hydrogens is 338 g/mol. The molecule has 1 aromatic rings. The van der Waals surface area contributed by atoms with E-state index in [1.54, 1.807) is 19.1 Å². The maximum atomic E-state index is 12.2. The summed E-state index contributed by atoms with van der Waals surface area (Å²) in [6, 6.07) is 6.20. The van der Waals surface area contributed by atoms with Gasteiger partial charge in [-0.3, -0.25) is 5.32 Å². The van der Waals surface area contributed by atoms with Crippen molar-refractivity contribution in [2.45, 2.75) is 58.0 Å². The molecule has 0 unspecified atom stereocenters. The molecule has 0 aromatic heterocycles. The van der Waals surface area contributed by atoms with Crippen LogP contribution in [-0.2, 0) is 14.6 Å². The van der Waals surface area contributed by atoms with Crippen LogP contribution >= 0.6 is 0 Å². The second kappa shape index (κ2) is 8.21. The minimum atomic E-state index is -3.23. The average Bonchev–Trinajstić information content (AvgIpc) is 2.55. The molecule has 6 heteroatoms. The van der Waals surface area contributed by atoms with Crippen molar-refractivity contribution in [3.8, 4) is 0 Å². The predicted octanol–water partition coefficient (Wildman–Crippen LogP) is 4.49. The Labute approximate surface area is 151 Å². The number of carbonyl (C=O) groups excluding carboxylic acids is 1. The first-order valence-corrected chi connectivity index (χ1v) is 10.7. The lowest BCUT2D eigenvalue weighted by molar-refractivity contribution is 0.0126. The van der Waals surface area contributed by atoms with Gasteiger partial charge in [0.2, 0.25) is 0 Å². The first-order chi connectivity index (χ1) is 11.7. The summed E-state index contributed by atoms with van der Waals surface area (Å²) in [5, 5.41) is 2.70. The topological polar surface area (TPSA) is 72.5 Å². The predicted molar refractivity (Wildman–Crippen MR) is 99.4 cm³/mol. The van der Waals surface area contributed by atoms with Gasteiger partial charge in [0.05, 0.1) is 10.6 Å². The summed E-state index contributed by atoms with van der Waals surface area (Å²) >= 11 is 0. The van der Waals surface area contributed by atoms with E-state index in [1.165, 1.54) is 18.6 Å². The number of benzene rings is 1. The van der Waals surface area contributed by atoms with Crippen LogP contribution in [0.2, 0.25) is 0 Å². The lowest BCUT2D eigenvalue weighted by Crippen LogP contribution is -2.36. The van der Waals surface area contributed by atoms with E-state index in [-0.39, 0.29) is 16.8 Å². The lowest BCUT2D eigenvalue weighted by Gasteiger charge is -2.36. The van der Waals surface area contributed by atoms with Crippen molar-refractivity contribution in [3.63, 3.8) is 0 Å².